The number of carbonyl (C=O) groups is 2. The molecule has 1 aromatic heterocycles. The molecule has 1 heterocycles. The van der Waals surface area contributed by atoms with Crippen molar-refractivity contribution >= 4 is 32.8 Å². The van der Waals surface area contributed by atoms with Gasteiger partial charge in [-0.15, -0.1) is 0 Å². The van der Waals surface area contributed by atoms with Gasteiger partial charge in [0.15, 0.2) is 0 Å². The van der Waals surface area contributed by atoms with E-state index in [0.29, 0.717) is 30.2 Å². The molecular weight excluding hydrogens is 669 g/mol. The maximum Gasteiger partial charge on any atom is 0.335 e. The van der Waals surface area contributed by atoms with E-state index in [1.807, 2.05) is 13.0 Å². The third kappa shape index (κ3) is 4.77. The fraction of sp³-hybridized carbons (Fsp3) is 0.591. The zero-order valence-electron chi connectivity index (χ0n) is 32.2. The topological polar surface area (TPSA) is 116 Å². The Bertz CT molecular complexity index is 2160. The highest BCUT2D eigenvalue weighted by molar-refractivity contribution is 7.90. The smallest absolute Gasteiger partial charge is 0.335 e. The Hall–Kier alpha value is -3.39. The summed E-state index contributed by atoms with van der Waals surface area (Å²) in [6, 6.07) is 12.3. The molecule has 3 fully saturated rings. The first-order chi connectivity index (χ1) is 24.2. The number of aromatic carboxylic acids is 1. The first-order valence-corrected chi connectivity index (χ1v) is 20.9. The normalized spacial score (nSPS) is 35.9. The number of sulfonamides is 1. The molecule has 8 rings (SSSR count). The third-order valence-electron chi connectivity index (χ3n) is 16.1. The van der Waals surface area contributed by atoms with Crippen LogP contribution >= 0.6 is 0 Å². The minimum atomic E-state index is -4.01. The summed E-state index contributed by atoms with van der Waals surface area (Å²) in [5.41, 5.74) is 5.23. The molecular formula is C44H56N2O5S. The van der Waals surface area contributed by atoms with Gasteiger partial charge in [-0.1, -0.05) is 83.9 Å². The third-order valence-corrected chi connectivity index (χ3v) is 17.5. The standard InChI is InChI=1S/C44H56N2O5S/c1-26-9-12-28(13-10-26)52(50,51)46-38(49)44-21-19-39(2,3)25-32(44)31-15-16-35-41(6)24-30-29-14-11-27(37(47)48)23-33(29)45-36(30)40(4,5)34(41)17-18-43(35,8)42(31,7)20-22-44/h9-15,23,32,34-35,45H,16-22,24-25H2,1-8H3,(H,46,49)(H,47,48)/t32-,34-,35+,41-,42+,43+,44-/m0/s1. The van der Waals surface area contributed by atoms with Crippen LogP contribution in [0.15, 0.2) is 59.0 Å². The zero-order valence-corrected chi connectivity index (χ0v) is 33.0. The van der Waals surface area contributed by atoms with Crippen LogP contribution in [0.4, 0.5) is 0 Å². The van der Waals surface area contributed by atoms with Gasteiger partial charge in [0.2, 0.25) is 5.91 Å². The van der Waals surface area contributed by atoms with Crippen molar-refractivity contribution in [3.63, 3.8) is 0 Å². The lowest BCUT2D eigenvalue weighted by Crippen LogP contribution is -2.65. The summed E-state index contributed by atoms with van der Waals surface area (Å²) >= 11 is 0. The van der Waals surface area contributed by atoms with Gasteiger partial charge in [-0.25, -0.2) is 17.9 Å². The predicted molar refractivity (Wildman–Crippen MR) is 205 cm³/mol. The average molecular weight is 725 g/mol. The first-order valence-electron chi connectivity index (χ1n) is 19.4. The van der Waals surface area contributed by atoms with Gasteiger partial charge in [0.1, 0.15) is 0 Å². The number of aryl methyl sites for hydroxylation is 1. The minimum Gasteiger partial charge on any atom is -0.478 e. The van der Waals surface area contributed by atoms with Crippen LogP contribution in [0.1, 0.15) is 127 Å². The number of hydrogen-bond acceptors (Lipinski definition) is 4. The summed E-state index contributed by atoms with van der Waals surface area (Å²) in [5, 5.41) is 10.9. The Morgan fingerprint density at radius 3 is 2.27 bits per heavy atom. The maximum absolute atomic E-state index is 14.6. The molecule has 0 radical (unpaired) electrons. The number of carboxylic acid groups (broad SMARTS) is 1. The number of hydrogen-bond donors (Lipinski definition) is 3. The number of benzene rings is 2. The summed E-state index contributed by atoms with van der Waals surface area (Å²) in [6.45, 7) is 18.9. The van der Waals surface area contributed by atoms with Gasteiger partial charge in [-0.3, -0.25) is 4.79 Å². The minimum absolute atomic E-state index is 0.00327. The van der Waals surface area contributed by atoms with E-state index >= 15 is 0 Å². The Kier molecular flexibility index (Phi) is 7.59. The van der Waals surface area contributed by atoms with E-state index in [-0.39, 0.29) is 43.8 Å². The summed E-state index contributed by atoms with van der Waals surface area (Å²) in [5.74, 6) is -0.385. The molecule has 1 amide bonds. The molecule has 0 bridgehead atoms. The largest absolute Gasteiger partial charge is 0.478 e. The lowest BCUT2D eigenvalue weighted by Gasteiger charge is -2.70. The molecule has 7 atom stereocenters. The predicted octanol–water partition coefficient (Wildman–Crippen LogP) is 9.50. The van der Waals surface area contributed by atoms with Crippen molar-refractivity contribution in [1.82, 2.24) is 9.71 Å². The highest BCUT2D eigenvalue weighted by Crippen LogP contribution is 2.75. The second kappa shape index (κ2) is 11.1. The molecule has 7 nitrogen and oxygen atoms in total. The number of nitrogens with one attached hydrogen (secondary N) is 2. The van der Waals surface area contributed by atoms with E-state index in [0.717, 1.165) is 61.4 Å². The summed E-state index contributed by atoms with van der Waals surface area (Å²) in [6.07, 6.45) is 10.6. The molecule has 52 heavy (non-hydrogen) atoms. The van der Waals surface area contributed by atoms with Crippen molar-refractivity contribution < 1.29 is 23.1 Å². The van der Waals surface area contributed by atoms with Crippen molar-refractivity contribution in [2.75, 3.05) is 0 Å². The Balaban J connectivity index is 1.19. The molecule has 0 unspecified atom stereocenters. The van der Waals surface area contributed by atoms with Crippen molar-refractivity contribution in [2.24, 2.45) is 44.8 Å². The van der Waals surface area contributed by atoms with Crippen LogP contribution in [0.5, 0.6) is 0 Å². The molecule has 3 saturated carbocycles. The number of aromatic nitrogens is 1. The van der Waals surface area contributed by atoms with E-state index in [2.05, 4.69) is 64.2 Å². The number of carbonyl (C=O) groups excluding carboxylic acids is 1. The lowest BCUT2D eigenvalue weighted by atomic mass is 9.33. The van der Waals surface area contributed by atoms with Gasteiger partial charge in [-0.05, 0) is 134 Å². The van der Waals surface area contributed by atoms with Crippen LogP contribution < -0.4 is 4.72 Å². The molecule has 278 valence electrons. The van der Waals surface area contributed by atoms with Crippen LogP contribution in [-0.4, -0.2) is 30.4 Å². The van der Waals surface area contributed by atoms with Crippen molar-refractivity contribution in [3.05, 3.63) is 76.5 Å². The molecule has 5 aliphatic rings. The van der Waals surface area contributed by atoms with Crippen LogP contribution in [0.3, 0.4) is 0 Å². The fourth-order valence-electron chi connectivity index (χ4n) is 13.1. The van der Waals surface area contributed by atoms with Crippen LogP contribution in [0, 0.1) is 51.8 Å². The van der Waals surface area contributed by atoms with Gasteiger partial charge >= 0.3 is 5.97 Å². The molecule has 5 aliphatic carbocycles. The van der Waals surface area contributed by atoms with Crippen molar-refractivity contribution in [1.29, 1.82) is 0 Å². The molecule has 8 heteroatoms. The molecule has 3 aromatic rings. The van der Waals surface area contributed by atoms with E-state index < -0.39 is 21.4 Å². The number of aromatic amines is 1. The number of carboxylic acids is 1. The van der Waals surface area contributed by atoms with Crippen molar-refractivity contribution in [2.45, 2.75) is 123 Å². The zero-order chi connectivity index (χ0) is 37.4. The van der Waals surface area contributed by atoms with Gasteiger partial charge in [0, 0.05) is 22.0 Å². The lowest BCUT2D eigenvalue weighted by molar-refractivity contribution is -0.166. The fourth-order valence-corrected chi connectivity index (χ4v) is 14.2. The number of allylic oxidation sites excluding steroid dienone is 2. The highest BCUT2D eigenvalue weighted by atomic mass is 32.2. The van der Waals surface area contributed by atoms with E-state index in [4.69, 9.17) is 0 Å². The SMILES string of the molecule is Cc1ccc(S(=O)(=O)NC(=O)[C@]23CCC(C)(C)C[C@H]2C2=CC[C@@H]4[C@@]5(C)Cc6c([nH]c7cc(C(=O)O)ccc67)C(C)(C)[C@@H]5CC[C@@]4(C)[C@]2(C)CC3)cc1. The molecule has 2 aromatic carbocycles. The number of rotatable bonds is 4. The van der Waals surface area contributed by atoms with Gasteiger partial charge in [0.05, 0.1) is 15.9 Å². The van der Waals surface area contributed by atoms with E-state index in [9.17, 15) is 23.1 Å². The van der Waals surface area contributed by atoms with Gasteiger partial charge < -0.3 is 10.1 Å². The Labute approximate surface area is 309 Å². The second-order valence-corrected chi connectivity index (χ2v) is 21.2. The first kappa shape index (κ1) is 35.6. The maximum atomic E-state index is 14.6. The monoisotopic (exact) mass is 724 g/mol. The number of H-pyrrole nitrogens is 1. The summed E-state index contributed by atoms with van der Waals surface area (Å²) < 4.78 is 29.9. The van der Waals surface area contributed by atoms with Gasteiger partial charge in [0.25, 0.3) is 10.0 Å². The molecule has 0 spiro atoms. The average Bonchev–Trinajstić information content (AvgIpc) is 3.43. The molecule has 0 saturated heterocycles. The summed E-state index contributed by atoms with van der Waals surface area (Å²) in [4.78, 5) is 30.3. The molecule has 3 N–H and O–H groups in total. The van der Waals surface area contributed by atoms with E-state index in [1.54, 1.807) is 36.4 Å². The van der Waals surface area contributed by atoms with Crippen LogP contribution in [0.2, 0.25) is 0 Å². The van der Waals surface area contributed by atoms with Crippen LogP contribution in [-0.2, 0) is 26.7 Å². The Morgan fingerprint density at radius 2 is 1.58 bits per heavy atom. The Morgan fingerprint density at radius 1 is 0.885 bits per heavy atom. The number of amides is 1. The number of fused-ring (bicyclic) bond motifs is 10. The quantitative estimate of drug-likeness (QED) is 0.232. The van der Waals surface area contributed by atoms with Crippen molar-refractivity contribution in [3.8, 4) is 0 Å². The highest BCUT2D eigenvalue weighted by Gasteiger charge is 2.69. The van der Waals surface area contributed by atoms with Crippen LogP contribution in [0.25, 0.3) is 10.9 Å². The van der Waals surface area contributed by atoms with Gasteiger partial charge in [-0.2, -0.15) is 0 Å². The molecule has 0 aliphatic heterocycles. The second-order valence-electron chi connectivity index (χ2n) is 19.6. The van der Waals surface area contributed by atoms with E-state index in [1.165, 1.54) is 16.8 Å². The summed E-state index contributed by atoms with van der Waals surface area (Å²) in [7, 11) is -4.01.